The standard InChI is InChI=1S/C19H28N4O3/c1-12-5-4-6-13(2)17(12)22-16(24)11-21-19(26)14(3)23-9-7-15(8-10-23)18(20)25/h4-6,14-15H,7-11H2,1-3H3,(H2,20,25)(H,21,26)(H,22,24)/p+1/t14-/m1/s1. The molecular weight excluding hydrogens is 332 g/mol. The van der Waals surface area contributed by atoms with Crippen molar-refractivity contribution in [2.45, 2.75) is 39.7 Å². The predicted octanol–water partition coefficient (Wildman–Crippen LogP) is -0.473. The largest absolute Gasteiger partial charge is 0.369 e. The van der Waals surface area contributed by atoms with Gasteiger partial charge in [-0.3, -0.25) is 14.4 Å². The van der Waals surface area contributed by atoms with Crippen LogP contribution in [0.1, 0.15) is 30.9 Å². The van der Waals surface area contributed by atoms with E-state index in [-0.39, 0.29) is 36.2 Å². The van der Waals surface area contributed by atoms with Gasteiger partial charge in [0.2, 0.25) is 11.8 Å². The van der Waals surface area contributed by atoms with E-state index in [2.05, 4.69) is 10.6 Å². The number of para-hydroxylation sites is 1. The van der Waals surface area contributed by atoms with Crippen LogP contribution in [-0.2, 0) is 14.4 Å². The van der Waals surface area contributed by atoms with Gasteiger partial charge in [0.25, 0.3) is 5.91 Å². The number of quaternary nitrogens is 1. The van der Waals surface area contributed by atoms with Crippen molar-refractivity contribution in [2.24, 2.45) is 11.7 Å². The van der Waals surface area contributed by atoms with E-state index in [0.717, 1.165) is 34.8 Å². The minimum atomic E-state index is -0.267. The molecule has 1 atom stereocenters. The van der Waals surface area contributed by atoms with E-state index in [9.17, 15) is 14.4 Å². The highest BCUT2D eigenvalue weighted by Gasteiger charge is 2.32. The fraction of sp³-hybridized carbons (Fsp3) is 0.526. The van der Waals surface area contributed by atoms with Gasteiger partial charge < -0.3 is 21.3 Å². The van der Waals surface area contributed by atoms with Crippen molar-refractivity contribution in [3.8, 4) is 0 Å². The first-order valence-corrected chi connectivity index (χ1v) is 9.07. The van der Waals surface area contributed by atoms with Gasteiger partial charge in [-0.25, -0.2) is 0 Å². The van der Waals surface area contributed by atoms with Gasteiger partial charge in [-0.1, -0.05) is 18.2 Å². The molecule has 0 spiro atoms. The number of piperidine rings is 1. The van der Waals surface area contributed by atoms with Crippen molar-refractivity contribution in [1.29, 1.82) is 0 Å². The lowest BCUT2D eigenvalue weighted by atomic mass is 9.95. The Hall–Kier alpha value is -2.41. The van der Waals surface area contributed by atoms with E-state index >= 15 is 0 Å². The molecule has 1 aliphatic rings. The smallest absolute Gasteiger partial charge is 0.278 e. The van der Waals surface area contributed by atoms with Crippen LogP contribution < -0.4 is 21.3 Å². The fourth-order valence-electron chi connectivity index (χ4n) is 3.41. The van der Waals surface area contributed by atoms with Crippen LogP contribution in [0.2, 0.25) is 0 Å². The van der Waals surface area contributed by atoms with Crippen molar-refractivity contribution in [3.63, 3.8) is 0 Å². The molecule has 26 heavy (non-hydrogen) atoms. The molecule has 0 aliphatic carbocycles. The van der Waals surface area contributed by atoms with Gasteiger partial charge in [-0.05, 0) is 31.9 Å². The molecule has 1 fully saturated rings. The second-order valence-electron chi connectivity index (χ2n) is 7.09. The number of likely N-dealkylation sites (tertiary alicyclic amines) is 1. The number of nitrogens with two attached hydrogens (primary N) is 1. The number of hydrogen-bond acceptors (Lipinski definition) is 3. The molecular formula is C19H29N4O3+. The summed E-state index contributed by atoms with van der Waals surface area (Å²) in [6.45, 7) is 7.12. The topological polar surface area (TPSA) is 106 Å². The molecule has 1 aromatic carbocycles. The van der Waals surface area contributed by atoms with E-state index in [1.807, 2.05) is 39.0 Å². The Balaban J connectivity index is 1.80. The first-order valence-electron chi connectivity index (χ1n) is 9.07. The molecule has 3 amide bonds. The highest BCUT2D eigenvalue weighted by molar-refractivity contribution is 5.96. The summed E-state index contributed by atoms with van der Waals surface area (Å²) in [6.07, 6.45) is 1.41. The summed E-state index contributed by atoms with van der Waals surface area (Å²) < 4.78 is 0. The Labute approximate surface area is 154 Å². The SMILES string of the molecule is Cc1cccc(C)c1NC(=O)CNC(=O)[C@@H](C)[NH+]1CCC(C(N)=O)CC1. The number of nitrogens with one attached hydrogen (secondary N) is 3. The summed E-state index contributed by atoms with van der Waals surface area (Å²) in [4.78, 5) is 36.8. The average molecular weight is 361 g/mol. The Bertz CT molecular complexity index is 661. The van der Waals surface area contributed by atoms with Crippen LogP contribution in [0.5, 0.6) is 0 Å². The van der Waals surface area contributed by atoms with Crippen LogP contribution in [0.4, 0.5) is 5.69 Å². The van der Waals surface area contributed by atoms with Gasteiger partial charge >= 0.3 is 0 Å². The highest BCUT2D eigenvalue weighted by atomic mass is 16.2. The Morgan fingerprint density at radius 1 is 1.19 bits per heavy atom. The zero-order chi connectivity index (χ0) is 19.3. The van der Waals surface area contributed by atoms with E-state index in [0.29, 0.717) is 12.8 Å². The maximum absolute atomic E-state index is 12.3. The third-order valence-electron chi connectivity index (χ3n) is 5.20. The van der Waals surface area contributed by atoms with Crippen molar-refractivity contribution < 1.29 is 19.3 Å². The van der Waals surface area contributed by atoms with Crippen LogP contribution in [0.25, 0.3) is 0 Å². The van der Waals surface area contributed by atoms with Gasteiger partial charge in [-0.2, -0.15) is 0 Å². The van der Waals surface area contributed by atoms with Crippen LogP contribution in [0.3, 0.4) is 0 Å². The molecule has 0 bridgehead atoms. The van der Waals surface area contributed by atoms with Gasteiger partial charge in [-0.15, -0.1) is 0 Å². The molecule has 7 nitrogen and oxygen atoms in total. The Morgan fingerprint density at radius 3 is 2.31 bits per heavy atom. The van der Waals surface area contributed by atoms with Crippen molar-refractivity contribution >= 4 is 23.4 Å². The quantitative estimate of drug-likeness (QED) is 0.550. The van der Waals surface area contributed by atoms with E-state index in [1.165, 1.54) is 0 Å². The molecule has 7 heteroatoms. The molecule has 0 radical (unpaired) electrons. The summed E-state index contributed by atoms with van der Waals surface area (Å²) in [7, 11) is 0. The van der Waals surface area contributed by atoms with Crippen LogP contribution in [0.15, 0.2) is 18.2 Å². The number of anilines is 1. The van der Waals surface area contributed by atoms with Gasteiger partial charge in [0.05, 0.1) is 19.6 Å². The predicted molar refractivity (Wildman–Crippen MR) is 99.6 cm³/mol. The number of carbonyl (C=O) groups excluding carboxylic acids is 3. The second kappa shape index (κ2) is 8.80. The molecule has 0 aromatic heterocycles. The van der Waals surface area contributed by atoms with Crippen LogP contribution in [0, 0.1) is 19.8 Å². The number of amides is 3. The Morgan fingerprint density at radius 2 is 1.77 bits per heavy atom. The molecule has 1 aromatic rings. The summed E-state index contributed by atoms with van der Waals surface area (Å²) in [5.41, 5.74) is 8.10. The number of rotatable bonds is 6. The average Bonchev–Trinajstić information content (AvgIpc) is 2.62. The molecule has 1 aliphatic heterocycles. The van der Waals surface area contributed by atoms with E-state index in [1.54, 1.807) is 0 Å². The van der Waals surface area contributed by atoms with Crippen molar-refractivity contribution in [3.05, 3.63) is 29.3 Å². The third kappa shape index (κ3) is 5.05. The summed E-state index contributed by atoms with van der Waals surface area (Å²) in [5, 5.41) is 5.57. The zero-order valence-electron chi connectivity index (χ0n) is 15.7. The lowest BCUT2D eigenvalue weighted by molar-refractivity contribution is -0.919. The van der Waals surface area contributed by atoms with Crippen molar-refractivity contribution in [2.75, 3.05) is 25.0 Å². The van der Waals surface area contributed by atoms with Crippen molar-refractivity contribution in [1.82, 2.24) is 5.32 Å². The minimum absolute atomic E-state index is 0.0614. The second-order valence-corrected chi connectivity index (χ2v) is 7.09. The lowest BCUT2D eigenvalue weighted by Gasteiger charge is -2.31. The van der Waals surface area contributed by atoms with E-state index in [4.69, 9.17) is 5.73 Å². The highest BCUT2D eigenvalue weighted by Crippen LogP contribution is 2.18. The maximum Gasteiger partial charge on any atom is 0.278 e. The lowest BCUT2D eigenvalue weighted by Crippen LogP contribution is -3.17. The zero-order valence-corrected chi connectivity index (χ0v) is 15.7. The first kappa shape index (κ1) is 19.9. The monoisotopic (exact) mass is 361 g/mol. The van der Waals surface area contributed by atoms with Gasteiger partial charge in [0.15, 0.2) is 6.04 Å². The number of primary amides is 1. The van der Waals surface area contributed by atoms with Gasteiger partial charge in [0.1, 0.15) is 0 Å². The fourth-order valence-corrected chi connectivity index (χ4v) is 3.41. The first-order chi connectivity index (χ1) is 12.3. The molecule has 0 saturated carbocycles. The molecule has 0 unspecified atom stereocenters. The normalized spacial score (nSPS) is 20.9. The molecule has 1 heterocycles. The molecule has 142 valence electrons. The summed E-state index contributed by atoms with van der Waals surface area (Å²) >= 11 is 0. The molecule has 1 saturated heterocycles. The van der Waals surface area contributed by atoms with Crippen LogP contribution in [-0.4, -0.2) is 43.4 Å². The van der Waals surface area contributed by atoms with E-state index < -0.39 is 0 Å². The third-order valence-corrected chi connectivity index (χ3v) is 5.20. The number of aryl methyl sites for hydroxylation is 2. The molecule has 2 rings (SSSR count). The summed E-state index contributed by atoms with van der Waals surface area (Å²) in [5.74, 6) is -0.749. The maximum atomic E-state index is 12.3. The van der Waals surface area contributed by atoms with Gasteiger partial charge in [0, 0.05) is 24.4 Å². The summed E-state index contributed by atoms with van der Waals surface area (Å²) in [6, 6.07) is 5.54. The minimum Gasteiger partial charge on any atom is -0.369 e. The number of benzene rings is 1. The number of hydrogen-bond donors (Lipinski definition) is 4. The Kier molecular flexibility index (Phi) is 6.74. The molecule has 5 N–H and O–H groups in total. The van der Waals surface area contributed by atoms with Crippen LogP contribution >= 0.6 is 0 Å². The number of carbonyl (C=O) groups is 3.